The van der Waals surface area contributed by atoms with Crippen molar-refractivity contribution in [1.82, 2.24) is 4.90 Å². The number of benzene rings is 9. The summed E-state index contributed by atoms with van der Waals surface area (Å²) < 4.78 is 48.1. The number of carbonyl (C=O) groups is 9. The number of hydrogen-bond donors (Lipinski definition) is 16. The number of nitrogen functional groups attached to an aromatic ring is 4. The molecule has 4 heterocycles. The van der Waals surface area contributed by atoms with Gasteiger partial charge in [0.05, 0.1) is 26.4 Å². The predicted octanol–water partition coefficient (Wildman–Crippen LogP) is 2.63. The number of aliphatic hydroxyl groups excluding tert-OH is 4. The average molecular weight is 1870 g/mol. The third-order valence-corrected chi connectivity index (χ3v) is 19.8. The zero-order chi connectivity index (χ0) is 100. The van der Waals surface area contributed by atoms with Crippen molar-refractivity contribution in [3.63, 3.8) is 0 Å². The summed E-state index contributed by atoms with van der Waals surface area (Å²) >= 11 is 0. The molecule has 9 amide bonds. The van der Waals surface area contributed by atoms with Crippen LogP contribution in [-0.4, -0.2) is 241 Å². The highest BCUT2D eigenvalue weighted by Crippen LogP contribution is 2.29. The number of carbonyl (C=O) groups excluding carboxylic acids is 17. The molecule has 0 aliphatic carbocycles. The number of halogens is 2. The number of nitrogens with zero attached hydrogens (tertiary/aromatic N) is 5. The molecule has 4 aliphatic rings. The van der Waals surface area contributed by atoms with Crippen LogP contribution in [0.3, 0.4) is 0 Å². The minimum Gasteiger partial charge on any atom is -0.384 e. The SMILES string of the molecule is CCN(C)C(=O)c1cccc(N2CCO[C@H]([C@@H](O)C(=O)Nc3ccc(C(=N)N)cc3)C2=O)c1.N=C(N)c1ccc(NC(=O)[C@H](O)[C@H]2OCCN(c3ccc(F)cc3)C2=O)cc1.N=C(N)c1ccc(NC(=O)[C@H](O)[C@H]2OCCN(c3cccc(CCc4ccccc4)c3)C2=O)cc1.N=C(N)c1ccc(NC(=O)[C@H](O)[C@H]2OCCN(c3cccc(F)c3)C2=O)cc1.O=C=O.O=C=O.O=C=O.O=C=O. The number of amides is 9. The van der Waals surface area contributed by atoms with Gasteiger partial charge in [-0.25, -0.2) is 8.78 Å². The Bertz CT molecular complexity index is 5760. The molecule has 9 aromatic carbocycles. The summed E-state index contributed by atoms with van der Waals surface area (Å²) in [5, 5.41) is 81.4. The third kappa shape index (κ3) is 32.0. The molecule has 0 bridgehead atoms. The van der Waals surface area contributed by atoms with Crippen LogP contribution < -0.4 is 63.8 Å². The number of morpholine rings is 4. The van der Waals surface area contributed by atoms with Gasteiger partial charge in [-0.05, 0) is 201 Å². The first-order valence-corrected chi connectivity index (χ1v) is 40.5. The Morgan fingerprint density at radius 2 is 0.640 bits per heavy atom. The molecule has 4 aliphatic heterocycles. The first kappa shape index (κ1) is 108. The smallest absolute Gasteiger partial charge is 0.373 e. The number of hydrogen-bond acceptors (Lipinski definition) is 29. The normalized spacial score (nSPS) is 15.9. The van der Waals surface area contributed by atoms with Gasteiger partial charge in [-0.15, -0.1) is 0 Å². The fourth-order valence-corrected chi connectivity index (χ4v) is 13.0. The lowest BCUT2D eigenvalue weighted by atomic mass is 10.0. The fourth-order valence-electron chi connectivity index (χ4n) is 13.0. The zero-order valence-electron chi connectivity index (χ0n) is 72.4. The second-order valence-electron chi connectivity index (χ2n) is 28.6. The van der Waals surface area contributed by atoms with E-state index in [-0.39, 0.29) is 99.9 Å². The van der Waals surface area contributed by atoms with E-state index in [1.807, 2.05) is 49.4 Å². The van der Waals surface area contributed by atoms with E-state index in [4.69, 9.17) is 102 Å². The van der Waals surface area contributed by atoms with Crippen molar-refractivity contribution >= 4 is 147 Å². The number of aryl methyl sites for hydroxylation is 2. The maximum Gasteiger partial charge on any atom is 0.373 e. The number of amidine groups is 4. The van der Waals surface area contributed by atoms with E-state index in [1.54, 1.807) is 95.7 Å². The van der Waals surface area contributed by atoms with E-state index in [1.165, 1.54) is 111 Å². The molecule has 42 nitrogen and oxygen atoms in total. The standard InChI is InChI=1S/C27H28N4O4.C23H27N5O5.2C19H19FN4O4.4CO2/c28-25(29)20-11-13-21(14-12-20)30-26(33)23(32)24-27(34)31(15-16-35-24)22-8-4-7-19(17-22)10-9-18-5-2-1-3-6-18;1-3-27(2)22(31)15-5-4-6-17(13-15)28-11-12-33-19(23(28)32)18(29)21(30)26-16-9-7-14(8-10-16)20(24)25;20-12-3-7-14(8-4-12)24-9-10-28-16(19(24)27)15(25)18(26)23-13-5-1-11(2-6-13)17(21)22;20-12-2-1-3-14(10-12)24-8-9-28-16(19(24)27)15(25)18(26)23-13-6-4-11(5-7-13)17(21)22;4*2-1-3/h1-8,11-14,17,23-24,32H,9-10,15-16H2,(H3,28,29)(H,30,33);4-10,13,18-19,29H,3,11-12H2,1-2H3,(H3,24,25)(H,26,30);1-8,15-16,25H,9-10H2,(H3,21,22)(H,23,26);1-7,10,15-16,25H,8-9H2,(H3,21,22)(H,23,26);;;;/t23-,24-;18-,19-;2*15-,16-;;;;/m1111..../s1. The highest BCUT2D eigenvalue weighted by Gasteiger charge is 2.44. The molecule has 0 aromatic heterocycles. The number of anilines is 8. The molecule has 4 saturated heterocycles. The van der Waals surface area contributed by atoms with E-state index in [0.29, 0.717) is 86.4 Å². The van der Waals surface area contributed by atoms with Crippen molar-refractivity contribution in [2.75, 3.05) is 107 Å². The highest BCUT2D eigenvalue weighted by molar-refractivity contribution is 6.09. The van der Waals surface area contributed by atoms with E-state index >= 15 is 0 Å². The van der Waals surface area contributed by atoms with Gasteiger partial charge in [0.1, 0.15) is 35.0 Å². The van der Waals surface area contributed by atoms with Gasteiger partial charge in [-0.1, -0.05) is 54.6 Å². The Kier molecular flexibility index (Phi) is 43.4. The van der Waals surface area contributed by atoms with Crippen molar-refractivity contribution in [2.45, 2.75) is 68.6 Å². The van der Waals surface area contributed by atoms with Crippen LogP contribution in [0.5, 0.6) is 0 Å². The Labute approximate surface area is 773 Å². The monoisotopic (exact) mass is 1870 g/mol. The van der Waals surface area contributed by atoms with Crippen LogP contribution in [0.4, 0.5) is 54.3 Å². The van der Waals surface area contributed by atoms with Gasteiger partial charge in [0, 0.05) is 113 Å². The Morgan fingerprint density at radius 3 is 0.941 bits per heavy atom. The minimum atomic E-state index is -1.75. The Morgan fingerprint density at radius 1 is 0.368 bits per heavy atom. The van der Waals surface area contributed by atoms with E-state index in [0.717, 1.165) is 18.4 Å². The van der Waals surface area contributed by atoms with Crippen LogP contribution in [-0.2, 0) is 109 Å². The number of nitrogens with two attached hydrogens (primary N) is 4. The van der Waals surface area contributed by atoms with Gasteiger partial charge in [0.25, 0.3) is 53.2 Å². The summed E-state index contributed by atoms with van der Waals surface area (Å²) in [5.41, 5.74) is 29.8. The Balaban J connectivity index is 0.000000268. The molecule has 0 spiro atoms. The molecule has 4 fully saturated rings. The molecule has 0 saturated carbocycles. The molecule has 136 heavy (non-hydrogen) atoms. The van der Waals surface area contributed by atoms with Gasteiger partial charge in [-0.3, -0.25) is 64.8 Å². The molecule has 13 rings (SSSR count). The van der Waals surface area contributed by atoms with Gasteiger partial charge >= 0.3 is 24.6 Å². The lowest BCUT2D eigenvalue weighted by Gasteiger charge is -2.34. The second kappa shape index (κ2) is 54.7. The van der Waals surface area contributed by atoms with Crippen molar-refractivity contribution in [1.29, 1.82) is 21.6 Å². The largest absolute Gasteiger partial charge is 0.384 e. The molecule has 20 N–H and O–H groups in total. The number of rotatable bonds is 25. The van der Waals surface area contributed by atoms with Crippen LogP contribution >= 0.6 is 0 Å². The fraction of sp³-hybridized carbons (Fsp3) is 0.228. The summed E-state index contributed by atoms with van der Waals surface area (Å²) in [5.74, 6) is -6.99. The van der Waals surface area contributed by atoms with Crippen molar-refractivity contribution in [3.05, 3.63) is 275 Å². The summed E-state index contributed by atoms with van der Waals surface area (Å²) in [6.45, 7) is 3.87. The molecular weight excluding hydrogens is 1780 g/mol. The Hall–Kier alpha value is -16.9. The quantitative estimate of drug-likeness (QED) is 0.0289. The minimum absolute atomic E-state index is 0.0879. The summed E-state index contributed by atoms with van der Waals surface area (Å²) in [6.07, 6.45) is -9.70. The predicted molar refractivity (Wildman–Crippen MR) is 479 cm³/mol. The molecule has 0 unspecified atom stereocenters. The average Bonchev–Trinajstić information content (AvgIpc) is 0.791. The van der Waals surface area contributed by atoms with Gasteiger partial charge in [0.2, 0.25) is 0 Å². The zero-order valence-corrected chi connectivity index (χ0v) is 72.4. The number of aliphatic hydroxyl groups is 4. The van der Waals surface area contributed by atoms with Crippen LogP contribution in [0.25, 0.3) is 0 Å². The topological polar surface area (TPSA) is 672 Å². The highest BCUT2D eigenvalue weighted by atomic mass is 19.1. The number of nitrogens with one attached hydrogen (secondary N) is 8. The van der Waals surface area contributed by atoms with E-state index in [9.17, 15) is 72.4 Å². The van der Waals surface area contributed by atoms with E-state index < -0.39 is 108 Å². The van der Waals surface area contributed by atoms with Gasteiger partial charge < -0.3 is 108 Å². The van der Waals surface area contributed by atoms with Crippen LogP contribution in [0.15, 0.2) is 224 Å². The van der Waals surface area contributed by atoms with Crippen molar-refractivity contribution in [2.24, 2.45) is 22.9 Å². The van der Waals surface area contributed by atoms with Gasteiger partial charge in [-0.2, -0.15) is 38.4 Å². The molecule has 9 aromatic rings. The van der Waals surface area contributed by atoms with Crippen molar-refractivity contribution < 1.29 is 130 Å². The van der Waals surface area contributed by atoms with Crippen molar-refractivity contribution in [3.8, 4) is 0 Å². The summed E-state index contributed by atoms with van der Waals surface area (Å²) in [4.78, 5) is 186. The van der Waals surface area contributed by atoms with Gasteiger partial charge in [0.15, 0.2) is 48.8 Å². The lowest BCUT2D eigenvalue weighted by Crippen LogP contribution is -2.55. The first-order valence-electron chi connectivity index (χ1n) is 40.5. The third-order valence-electron chi connectivity index (χ3n) is 19.8. The van der Waals surface area contributed by atoms with Crippen LogP contribution in [0, 0.1) is 33.3 Å². The first-order chi connectivity index (χ1) is 65.0. The molecule has 8 atom stereocenters. The lowest BCUT2D eigenvalue weighted by molar-refractivity contribution is -0.193. The molecular formula is C92H93F2N17O25. The summed E-state index contributed by atoms with van der Waals surface area (Å²) in [7, 11) is 1.69. The van der Waals surface area contributed by atoms with Crippen LogP contribution in [0.1, 0.15) is 50.7 Å². The molecule has 44 heteroatoms. The maximum absolute atomic E-state index is 13.4. The molecule has 710 valence electrons. The molecule has 0 radical (unpaired) electrons. The van der Waals surface area contributed by atoms with E-state index in [2.05, 4.69) is 33.4 Å². The van der Waals surface area contributed by atoms with Crippen LogP contribution in [0.2, 0.25) is 0 Å². The summed E-state index contributed by atoms with van der Waals surface area (Å²) in [6, 6.07) is 60.1. The number of ether oxygens (including phenoxy) is 4. The second-order valence-corrected chi connectivity index (χ2v) is 28.6. The maximum atomic E-state index is 13.4.